The van der Waals surface area contributed by atoms with Gasteiger partial charge in [0.2, 0.25) is 0 Å². The SMILES string of the molecule is CCOc1ccc(Sc2cc(C(=O)NCc3ccccn3)c3ccccc3n2)cc1. The number of para-hydroxylation sites is 1. The van der Waals surface area contributed by atoms with Gasteiger partial charge >= 0.3 is 0 Å². The third kappa shape index (κ3) is 4.78. The molecule has 4 aromatic rings. The fourth-order valence-electron chi connectivity index (χ4n) is 3.05. The van der Waals surface area contributed by atoms with Gasteiger partial charge in [0.05, 0.1) is 29.9 Å². The van der Waals surface area contributed by atoms with E-state index in [4.69, 9.17) is 9.72 Å². The second kappa shape index (κ2) is 9.41. The van der Waals surface area contributed by atoms with Crippen molar-refractivity contribution in [2.45, 2.75) is 23.4 Å². The maximum Gasteiger partial charge on any atom is 0.252 e. The van der Waals surface area contributed by atoms with Crippen molar-refractivity contribution < 1.29 is 9.53 Å². The summed E-state index contributed by atoms with van der Waals surface area (Å²) in [5.74, 6) is 0.690. The van der Waals surface area contributed by atoms with Gasteiger partial charge in [0.1, 0.15) is 10.8 Å². The van der Waals surface area contributed by atoms with Gasteiger partial charge in [-0.25, -0.2) is 4.98 Å². The predicted octanol–water partition coefficient (Wildman–Crippen LogP) is 5.11. The molecule has 150 valence electrons. The summed E-state index contributed by atoms with van der Waals surface area (Å²) in [5.41, 5.74) is 2.20. The fourth-order valence-corrected chi connectivity index (χ4v) is 3.89. The Morgan fingerprint density at radius 1 is 1.03 bits per heavy atom. The van der Waals surface area contributed by atoms with Crippen LogP contribution in [0.3, 0.4) is 0 Å². The minimum atomic E-state index is -0.146. The average Bonchev–Trinajstić information content (AvgIpc) is 2.79. The molecule has 4 rings (SSSR count). The Kier molecular flexibility index (Phi) is 6.25. The molecule has 0 unspecified atom stereocenters. The molecule has 0 saturated heterocycles. The molecule has 1 amide bonds. The van der Waals surface area contributed by atoms with E-state index in [1.807, 2.05) is 79.7 Å². The smallest absolute Gasteiger partial charge is 0.252 e. The van der Waals surface area contributed by atoms with Crippen LogP contribution in [-0.4, -0.2) is 22.5 Å². The van der Waals surface area contributed by atoms with E-state index in [9.17, 15) is 4.79 Å². The van der Waals surface area contributed by atoms with Gasteiger partial charge in [-0.15, -0.1) is 0 Å². The zero-order valence-corrected chi connectivity index (χ0v) is 17.4. The van der Waals surface area contributed by atoms with Gasteiger partial charge in [-0.3, -0.25) is 9.78 Å². The van der Waals surface area contributed by atoms with E-state index in [0.29, 0.717) is 18.7 Å². The number of benzene rings is 2. The van der Waals surface area contributed by atoms with E-state index in [1.165, 1.54) is 11.8 Å². The molecule has 0 bridgehead atoms. The molecule has 0 aliphatic rings. The molecule has 2 aromatic carbocycles. The normalized spacial score (nSPS) is 10.7. The highest BCUT2D eigenvalue weighted by molar-refractivity contribution is 7.99. The maximum atomic E-state index is 13.0. The van der Waals surface area contributed by atoms with Crippen LogP contribution in [0, 0.1) is 0 Å². The van der Waals surface area contributed by atoms with Crippen LogP contribution in [0.1, 0.15) is 23.0 Å². The lowest BCUT2D eigenvalue weighted by molar-refractivity contribution is 0.0951. The Bertz CT molecular complexity index is 1150. The molecule has 30 heavy (non-hydrogen) atoms. The number of aromatic nitrogens is 2. The number of nitrogens with one attached hydrogen (secondary N) is 1. The van der Waals surface area contributed by atoms with Gasteiger partial charge in [0.25, 0.3) is 5.91 Å². The first-order chi connectivity index (χ1) is 14.7. The van der Waals surface area contributed by atoms with Crippen LogP contribution in [0.15, 0.2) is 88.9 Å². The fraction of sp³-hybridized carbons (Fsp3) is 0.125. The Labute approximate surface area is 179 Å². The molecule has 2 heterocycles. The van der Waals surface area contributed by atoms with Crippen molar-refractivity contribution in [1.29, 1.82) is 0 Å². The highest BCUT2D eigenvalue weighted by Gasteiger charge is 2.14. The van der Waals surface area contributed by atoms with E-state index >= 15 is 0 Å². The molecule has 1 N–H and O–H groups in total. The molecule has 6 heteroatoms. The minimum absolute atomic E-state index is 0.146. The molecule has 0 aliphatic carbocycles. The third-order valence-corrected chi connectivity index (χ3v) is 5.38. The summed E-state index contributed by atoms with van der Waals surface area (Å²) in [6.07, 6.45) is 1.72. The van der Waals surface area contributed by atoms with Crippen molar-refractivity contribution in [3.8, 4) is 5.75 Å². The van der Waals surface area contributed by atoms with E-state index in [1.54, 1.807) is 6.20 Å². The Morgan fingerprint density at radius 3 is 2.60 bits per heavy atom. The van der Waals surface area contributed by atoms with Gasteiger partial charge < -0.3 is 10.1 Å². The van der Waals surface area contributed by atoms with Crippen molar-refractivity contribution in [3.05, 3.63) is 90.3 Å². The molecule has 0 fully saturated rings. The first kappa shape index (κ1) is 19.9. The number of rotatable bonds is 7. The highest BCUT2D eigenvalue weighted by atomic mass is 32.2. The summed E-state index contributed by atoms with van der Waals surface area (Å²) in [5, 5.41) is 4.56. The molecule has 0 atom stereocenters. The maximum absolute atomic E-state index is 13.0. The van der Waals surface area contributed by atoms with Gasteiger partial charge in [0, 0.05) is 16.5 Å². The van der Waals surface area contributed by atoms with E-state index in [0.717, 1.165) is 32.3 Å². The molecule has 0 spiro atoms. The van der Waals surface area contributed by atoms with Crippen molar-refractivity contribution in [3.63, 3.8) is 0 Å². The Morgan fingerprint density at radius 2 is 1.83 bits per heavy atom. The van der Waals surface area contributed by atoms with Crippen LogP contribution in [0.4, 0.5) is 0 Å². The number of fused-ring (bicyclic) bond motifs is 1. The number of carbonyl (C=O) groups is 1. The van der Waals surface area contributed by atoms with Crippen LogP contribution in [0.25, 0.3) is 10.9 Å². The lowest BCUT2D eigenvalue weighted by Crippen LogP contribution is -2.23. The third-order valence-electron chi connectivity index (χ3n) is 4.45. The minimum Gasteiger partial charge on any atom is -0.494 e. The quantitative estimate of drug-likeness (QED) is 0.454. The Balaban J connectivity index is 1.59. The van der Waals surface area contributed by atoms with Crippen LogP contribution in [-0.2, 0) is 6.54 Å². The predicted molar refractivity (Wildman–Crippen MR) is 119 cm³/mol. The summed E-state index contributed by atoms with van der Waals surface area (Å²) in [6.45, 7) is 2.97. The second-order valence-electron chi connectivity index (χ2n) is 6.54. The topological polar surface area (TPSA) is 64.1 Å². The number of ether oxygens (including phenoxy) is 1. The van der Waals surface area contributed by atoms with Gasteiger partial charge in [-0.2, -0.15) is 0 Å². The van der Waals surface area contributed by atoms with Crippen molar-refractivity contribution in [2.75, 3.05) is 6.61 Å². The zero-order chi connectivity index (χ0) is 20.8. The molecular formula is C24H21N3O2S. The molecule has 0 aliphatic heterocycles. The summed E-state index contributed by atoms with van der Waals surface area (Å²) in [4.78, 5) is 23.0. The monoisotopic (exact) mass is 415 g/mol. The summed E-state index contributed by atoms with van der Waals surface area (Å²) < 4.78 is 5.50. The number of carbonyl (C=O) groups excluding carboxylic acids is 1. The summed E-state index contributed by atoms with van der Waals surface area (Å²) in [6, 6.07) is 23.0. The van der Waals surface area contributed by atoms with Gasteiger partial charge in [-0.05, 0) is 55.5 Å². The zero-order valence-electron chi connectivity index (χ0n) is 16.5. The lowest BCUT2D eigenvalue weighted by Gasteiger charge is -2.10. The second-order valence-corrected chi connectivity index (χ2v) is 7.63. The van der Waals surface area contributed by atoms with Crippen molar-refractivity contribution in [2.24, 2.45) is 0 Å². The van der Waals surface area contributed by atoms with Crippen LogP contribution < -0.4 is 10.1 Å². The van der Waals surface area contributed by atoms with Crippen LogP contribution in [0.5, 0.6) is 5.75 Å². The molecule has 2 aromatic heterocycles. The first-order valence-electron chi connectivity index (χ1n) is 9.71. The van der Waals surface area contributed by atoms with Crippen LogP contribution >= 0.6 is 11.8 Å². The highest BCUT2D eigenvalue weighted by Crippen LogP contribution is 2.31. The molecule has 5 nitrogen and oxygen atoms in total. The molecule has 0 saturated carbocycles. The summed E-state index contributed by atoms with van der Waals surface area (Å²) >= 11 is 1.52. The number of amides is 1. The van der Waals surface area contributed by atoms with Gasteiger partial charge in [-0.1, -0.05) is 36.0 Å². The number of pyridine rings is 2. The summed E-state index contributed by atoms with van der Waals surface area (Å²) in [7, 11) is 0. The standard InChI is InChI=1S/C24H21N3O2S/c1-2-29-18-10-12-19(13-11-18)30-23-15-21(20-8-3-4-9-22(20)27-23)24(28)26-16-17-7-5-6-14-25-17/h3-15H,2,16H2,1H3,(H,26,28). The first-order valence-corrected chi connectivity index (χ1v) is 10.5. The largest absolute Gasteiger partial charge is 0.494 e. The lowest BCUT2D eigenvalue weighted by atomic mass is 10.1. The number of hydrogen-bond acceptors (Lipinski definition) is 5. The molecular weight excluding hydrogens is 394 g/mol. The number of nitrogens with zero attached hydrogens (tertiary/aromatic N) is 2. The van der Waals surface area contributed by atoms with Crippen LogP contribution in [0.2, 0.25) is 0 Å². The van der Waals surface area contributed by atoms with E-state index in [-0.39, 0.29) is 5.91 Å². The number of hydrogen-bond donors (Lipinski definition) is 1. The average molecular weight is 416 g/mol. The van der Waals surface area contributed by atoms with Crippen molar-refractivity contribution >= 4 is 28.6 Å². The molecule has 0 radical (unpaired) electrons. The Hall–Kier alpha value is -3.38. The van der Waals surface area contributed by atoms with Crippen molar-refractivity contribution in [1.82, 2.24) is 15.3 Å². The van der Waals surface area contributed by atoms with E-state index < -0.39 is 0 Å². The van der Waals surface area contributed by atoms with Gasteiger partial charge in [0.15, 0.2) is 0 Å². The van der Waals surface area contributed by atoms with E-state index in [2.05, 4.69) is 10.3 Å².